The van der Waals surface area contributed by atoms with Gasteiger partial charge in [0.2, 0.25) is 0 Å². The van der Waals surface area contributed by atoms with Crippen molar-refractivity contribution in [2.45, 2.75) is 13.8 Å². The van der Waals surface area contributed by atoms with Gasteiger partial charge in [-0.2, -0.15) is 0 Å². The average molecular weight is 195 g/mol. The number of H-pyrrole nitrogens is 1. The number of rotatable bonds is 0. The van der Waals surface area contributed by atoms with Crippen molar-refractivity contribution in [3.05, 3.63) is 47.5 Å². The molecule has 1 N–H and O–H groups in total. The first kappa shape index (κ1) is 8.54. The molecule has 0 amide bonds. The average Bonchev–Trinajstić information content (AvgIpc) is 2.59. The van der Waals surface area contributed by atoms with Gasteiger partial charge in [0.25, 0.3) is 0 Å². The first-order valence-electron chi connectivity index (χ1n) is 5.24. The molecule has 1 nitrogen and oxygen atoms in total. The Labute approximate surface area is 88.7 Å². The Hall–Kier alpha value is -1.76. The Morgan fingerprint density at radius 3 is 2.47 bits per heavy atom. The molecule has 15 heavy (non-hydrogen) atoms. The molecule has 1 heteroatoms. The molecule has 0 saturated heterocycles. The smallest absolute Gasteiger partial charge is 0.0494 e. The minimum Gasteiger partial charge on any atom is -0.354 e. The minimum atomic E-state index is 1.24. The second-order valence-corrected chi connectivity index (χ2v) is 4.12. The molecule has 0 saturated carbocycles. The molecular formula is C14H13N. The quantitative estimate of drug-likeness (QED) is 0.559. The maximum atomic E-state index is 3.49. The topological polar surface area (TPSA) is 15.8 Å². The van der Waals surface area contributed by atoms with Gasteiger partial charge in [0.05, 0.1) is 0 Å². The highest BCUT2D eigenvalue weighted by molar-refractivity contribution is 6.09. The molecule has 0 radical (unpaired) electrons. The molecular weight excluding hydrogens is 182 g/mol. The van der Waals surface area contributed by atoms with E-state index in [0.29, 0.717) is 0 Å². The third-order valence-corrected chi connectivity index (χ3v) is 3.07. The normalized spacial score (nSPS) is 11.3. The van der Waals surface area contributed by atoms with Gasteiger partial charge >= 0.3 is 0 Å². The van der Waals surface area contributed by atoms with Gasteiger partial charge in [0.1, 0.15) is 0 Å². The second-order valence-electron chi connectivity index (χ2n) is 4.12. The van der Waals surface area contributed by atoms with Crippen molar-refractivity contribution < 1.29 is 0 Å². The van der Waals surface area contributed by atoms with E-state index in [9.17, 15) is 0 Å². The summed E-state index contributed by atoms with van der Waals surface area (Å²) >= 11 is 0. The lowest BCUT2D eigenvalue weighted by Gasteiger charge is -1.96. The summed E-state index contributed by atoms with van der Waals surface area (Å²) in [4.78, 5) is 3.49. The third kappa shape index (κ3) is 1.09. The van der Waals surface area contributed by atoms with Crippen LogP contribution in [0, 0.1) is 13.8 Å². The third-order valence-electron chi connectivity index (χ3n) is 3.07. The van der Waals surface area contributed by atoms with Crippen LogP contribution in [0.3, 0.4) is 0 Å². The van der Waals surface area contributed by atoms with Crippen molar-refractivity contribution in [1.82, 2.24) is 4.98 Å². The predicted molar refractivity (Wildman–Crippen MR) is 65.3 cm³/mol. The van der Waals surface area contributed by atoms with Crippen molar-refractivity contribution in [2.24, 2.45) is 0 Å². The fourth-order valence-electron chi connectivity index (χ4n) is 2.31. The summed E-state index contributed by atoms with van der Waals surface area (Å²) in [6, 6.07) is 12.9. The summed E-state index contributed by atoms with van der Waals surface area (Å²) in [5.41, 5.74) is 5.15. The number of hydrogen-bond acceptors (Lipinski definition) is 0. The molecule has 0 spiro atoms. The van der Waals surface area contributed by atoms with E-state index in [1.54, 1.807) is 0 Å². The molecule has 0 unspecified atom stereocenters. The summed E-state index contributed by atoms with van der Waals surface area (Å²) in [5.74, 6) is 0. The van der Waals surface area contributed by atoms with Crippen LogP contribution in [0.25, 0.3) is 21.8 Å². The van der Waals surface area contributed by atoms with E-state index in [1.165, 1.54) is 32.9 Å². The molecule has 0 aliphatic rings. The number of nitrogens with one attached hydrogen (secondary N) is 1. The van der Waals surface area contributed by atoms with Crippen molar-refractivity contribution in [1.29, 1.82) is 0 Å². The number of hydrogen-bond donors (Lipinski definition) is 1. The van der Waals surface area contributed by atoms with Crippen LogP contribution in [-0.4, -0.2) is 4.98 Å². The number of fused-ring (bicyclic) bond motifs is 3. The number of para-hydroxylation sites is 1. The molecule has 0 aliphatic heterocycles. The largest absolute Gasteiger partial charge is 0.354 e. The Morgan fingerprint density at radius 1 is 0.867 bits per heavy atom. The zero-order valence-electron chi connectivity index (χ0n) is 8.96. The molecule has 0 aliphatic carbocycles. The molecule has 3 rings (SSSR count). The monoisotopic (exact) mass is 195 g/mol. The van der Waals surface area contributed by atoms with Crippen LogP contribution in [0.2, 0.25) is 0 Å². The van der Waals surface area contributed by atoms with E-state index in [1.807, 2.05) is 0 Å². The number of benzene rings is 2. The molecule has 3 aromatic rings. The number of aromatic nitrogens is 1. The van der Waals surface area contributed by atoms with Crippen LogP contribution in [0.4, 0.5) is 0 Å². The van der Waals surface area contributed by atoms with Gasteiger partial charge in [-0.15, -0.1) is 0 Å². The first-order valence-corrected chi connectivity index (χ1v) is 5.24. The summed E-state index contributed by atoms with van der Waals surface area (Å²) in [7, 11) is 0. The summed E-state index contributed by atoms with van der Waals surface area (Å²) in [6.07, 6.45) is 0. The molecule has 0 atom stereocenters. The number of aryl methyl sites for hydroxylation is 2. The van der Waals surface area contributed by atoms with Gasteiger partial charge in [-0.25, -0.2) is 0 Å². The van der Waals surface area contributed by atoms with E-state index in [4.69, 9.17) is 0 Å². The van der Waals surface area contributed by atoms with Crippen molar-refractivity contribution in [2.75, 3.05) is 0 Å². The Bertz CT molecular complexity index is 647. The van der Waals surface area contributed by atoms with Gasteiger partial charge < -0.3 is 4.98 Å². The van der Waals surface area contributed by atoms with Gasteiger partial charge in [-0.3, -0.25) is 0 Å². The fourth-order valence-corrected chi connectivity index (χ4v) is 2.31. The first-order chi connectivity index (χ1) is 7.27. The summed E-state index contributed by atoms with van der Waals surface area (Å²) < 4.78 is 0. The summed E-state index contributed by atoms with van der Waals surface area (Å²) in [6.45, 7) is 4.31. The van der Waals surface area contributed by atoms with Crippen LogP contribution in [-0.2, 0) is 0 Å². The fraction of sp³-hybridized carbons (Fsp3) is 0.143. The molecule has 0 bridgehead atoms. The lowest BCUT2D eigenvalue weighted by atomic mass is 10.1. The van der Waals surface area contributed by atoms with Crippen molar-refractivity contribution in [3.63, 3.8) is 0 Å². The van der Waals surface area contributed by atoms with Crippen molar-refractivity contribution in [3.8, 4) is 0 Å². The molecule has 0 fully saturated rings. The second kappa shape index (κ2) is 2.86. The highest BCUT2D eigenvalue weighted by atomic mass is 14.7. The van der Waals surface area contributed by atoms with Gasteiger partial charge in [0.15, 0.2) is 0 Å². The van der Waals surface area contributed by atoms with Crippen LogP contribution in [0.1, 0.15) is 11.1 Å². The van der Waals surface area contributed by atoms with E-state index in [-0.39, 0.29) is 0 Å². The van der Waals surface area contributed by atoms with Crippen LogP contribution >= 0.6 is 0 Å². The maximum Gasteiger partial charge on any atom is 0.0494 e. The van der Waals surface area contributed by atoms with E-state index in [0.717, 1.165) is 0 Å². The molecule has 1 heterocycles. The highest BCUT2D eigenvalue weighted by Gasteiger charge is 2.06. The number of aromatic amines is 1. The Morgan fingerprint density at radius 2 is 1.60 bits per heavy atom. The highest BCUT2D eigenvalue weighted by Crippen LogP contribution is 2.29. The Kier molecular flexibility index (Phi) is 1.63. The van der Waals surface area contributed by atoms with Crippen molar-refractivity contribution >= 4 is 21.8 Å². The van der Waals surface area contributed by atoms with Gasteiger partial charge in [-0.1, -0.05) is 30.3 Å². The lowest BCUT2D eigenvalue weighted by molar-refractivity contribution is 1.45. The molecule has 74 valence electrons. The summed E-state index contributed by atoms with van der Waals surface area (Å²) in [5, 5.41) is 2.69. The lowest BCUT2D eigenvalue weighted by Crippen LogP contribution is -1.74. The Balaban J connectivity index is 2.65. The minimum absolute atomic E-state index is 1.24. The van der Waals surface area contributed by atoms with Gasteiger partial charge in [0, 0.05) is 21.8 Å². The van der Waals surface area contributed by atoms with Crippen LogP contribution in [0.15, 0.2) is 36.4 Å². The zero-order valence-corrected chi connectivity index (χ0v) is 8.96. The predicted octanol–water partition coefficient (Wildman–Crippen LogP) is 3.94. The van der Waals surface area contributed by atoms with E-state index >= 15 is 0 Å². The zero-order chi connectivity index (χ0) is 10.4. The molecule has 2 aromatic carbocycles. The van der Waals surface area contributed by atoms with E-state index < -0.39 is 0 Å². The molecule has 1 aromatic heterocycles. The SMILES string of the molecule is Cc1cccc2c1[nH]c1cccc(C)c12. The van der Waals surface area contributed by atoms with E-state index in [2.05, 4.69) is 55.2 Å². The van der Waals surface area contributed by atoms with Crippen LogP contribution < -0.4 is 0 Å². The van der Waals surface area contributed by atoms with Crippen LogP contribution in [0.5, 0.6) is 0 Å². The maximum absolute atomic E-state index is 3.49. The standard InChI is InChI=1S/C14H13N/c1-9-5-4-8-12-13(9)11-7-3-6-10(2)14(11)15-12/h3-8,15H,1-2H3. The van der Waals surface area contributed by atoms with Gasteiger partial charge in [-0.05, 0) is 31.0 Å².